The zero-order valence-corrected chi connectivity index (χ0v) is 17.6. The molecule has 0 saturated heterocycles. The third kappa shape index (κ3) is 4.89. The van der Waals surface area contributed by atoms with E-state index >= 15 is 0 Å². The number of benzene rings is 1. The number of hydrogen-bond acceptors (Lipinski definition) is 6. The first-order valence-electron chi connectivity index (χ1n) is 9.56. The molecular weight excluding hydrogens is 384 g/mol. The number of carbonyl (C=O) groups excluding carboxylic acids is 1. The average Bonchev–Trinajstić information content (AvgIpc) is 3.28. The predicted molar refractivity (Wildman–Crippen MR) is 113 cm³/mol. The monoisotopic (exact) mass is 410 g/mol. The standard InChI is InChI=1S/C22H26N4O4/c1-22(2,21(27)23-12-13-30-18-10-8-17(28-3)9-11-18)26-15-16(14-24-26)19-6-5-7-20(25-19)29-4/h5-11,14-15H,12-13H2,1-4H3,(H,23,27). The molecule has 3 rings (SSSR count). The van der Waals surface area contributed by atoms with Crippen molar-refractivity contribution in [3.63, 3.8) is 0 Å². The average molecular weight is 410 g/mol. The lowest BCUT2D eigenvalue weighted by Crippen LogP contribution is -2.45. The van der Waals surface area contributed by atoms with Crippen LogP contribution in [0, 0.1) is 0 Å². The molecule has 8 heteroatoms. The Hall–Kier alpha value is -3.55. The van der Waals surface area contributed by atoms with Gasteiger partial charge in [-0.1, -0.05) is 6.07 Å². The van der Waals surface area contributed by atoms with Crippen molar-refractivity contribution in [1.82, 2.24) is 20.1 Å². The molecule has 0 spiro atoms. The smallest absolute Gasteiger partial charge is 0.247 e. The number of methoxy groups -OCH3 is 2. The summed E-state index contributed by atoms with van der Waals surface area (Å²) in [5, 5.41) is 7.26. The highest BCUT2D eigenvalue weighted by Crippen LogP contribution is 2.23. The molecule has 0 fully saturated rings. The summed E-state index contributed by atoms with van der Waals surface area (Å²) < 4.78 is 17.6. The van der Waals surface area contributed by atoms with Gasteiger partial charge in [-0.15, -0.1) is 0 Å². The predicted octanol–water partition coefficient (Wildman–Crippen LogP) is 2.89. The molecule has 0 aliphatic carbocycles. The first-order chi connectivity index (χ1) is 14.4. The fourth-order valence-electron chi connectivity index (χ4n) is 2.78. The second-order valence-electron chi connectivity index (χ2n) is 7.08. The van der Waals surface area contributed by atoms with Gasteiger partial charge in [0.25, 0.3) is 0 Å². The SMILES string of the molecule is COc1ccc(OCCNC(=O)C(C)(C)n2cc(-c3cccc(OC)n3)cn2)cc1. The van der Waals surface area contributed by atoms with Gasteiger partial charge in [0, 0.05) is 17.8 Å². The highest BCUT2D eigenvalue weighted by molar-refractivity contribution is 5.83. The van der Waals surface area contributed by atoms with Crippen molar-refractivity contribution >= 4 is 5.91 Å². The summed E-state index contributed by atoms with van der Waals surface area (Å²) in [6, 6.07) is 12.8. The highest BCUT2D eigenvalue weighted by Gasteiger charge is 2.30. The molecular formula is C22H26N4O4. The highest BCUT2D eigenvalue weighted by atomic mass is 16.5. The van der Waals surface area contributed by atoms with E-state index in [4.69, 9.17) is 14.2 Å². The van der Waals surface area contributed by atoms with E-state index in [2.05, 4.69) is 15.4 Å². The van der Waals surface area contributed by atoms with Crippen molar-refractivity contribution in [2.24, 2.45) is 0 Å². The molecule has 0 aliphatic rings. The van der Waals surface area contributed by atoms with Crippen LogP contribution in [0.3, 0.4) is 0 Å². The summed E-state index contributed by atoms with van der Waals surface area (Å²) in [7, 11) is 3.18. The maximum Gasteiger partial charge on any atom is 0.247 e. The summed E-state index contributed by atoms with van der Waals surface area (Å²) in [6.45, 7) is 4.34. The Balaban J connectivity index is 1.56. The Labute approximate surface area is 175 Å². The topological polar surface area (TPSA) is 87.5 Å². The van der Waals surface area contributed by atoms with Crippen molar-refractivity contribution < 1.29 is 19.0 Å². The van der Waals surface area contributed by atoms with Crippen LogP contribution in [0.2, 0.25) is 0 Å². The van der Waals surface area contributed by atoms with Crippen LogP contribution >= 0.6 is 0 Å². The number of hydrogen-bond donors (Lipinski definition) is 1. The minimum atomic E-state index is -0.878. The van der Waals surface area contributed by atoms with E-state index in [0.717, 1.165) is 17.0 Å². The third-order valence-corrected chi connectivity index (χ3v) is 4.66. The number of aromatic nitrogens is 3. The zero-order valence-electron chi connectivity index (χ0n) is 17.6. The molecule has 2 heterocycles. The first kappa shape index (κ1) is 21.2. The number of nitrogens with zero attached hydrogens (tertiary/aromatic N) is 3. The van der Waals surface area contributed by atoms with Gasteiger partial charge < -0.3 is 19.5 Å². The molecule has 0 unspecified atom stereocenters. The van der Waals surface area contributed by atoms with Crippen LogP contribution in [0.1, 0.15) is 13.8 Å². The minimum absolute atomic E-state index is 0.158. The lowest BCUT2D eigenvalue weighted by Gasteiger charge is -2.24. The van der Waals surface area contributed by atoms with E-state index in [1.165, 1.54) is 0 Å². The van der Waals surface area contributed by atoms with Crippen molar-refractivity contribution in [3.8, 4) is 28.6 Å². The lowest BCUT2D eigenvalue weighted by molar-refractivity contribution is -0.128. The summed E-state index contributed by atoms with van der Waals surface area (Å²) in [5.41, 5.74) is 0.652. The number of pyridine rings is 1. The second-order valence-corrected chi connectivity index (χ2v) is 7.08. The van der Waals surface area contributed by atoms with Crippen LogP contribution in [0.5, 0.6) is 17.4 Å². The maximum absolute atomic E-state index is 12.7. The minimum Gasteiger partial charge on any atom is -0.497 e. The molecule has 3 aromatic rings. The van der Waals surface area contributed by atoms with Crippen molar-refractivity contribution in [3.05, 3.63) is 54.9 Å². The largest absolute Gasteiger partial charge is 0.497 e. The fourth-order valence-corrected chi connectivity index (χ4v) is 2.78. The van der Waals surface area contributed by atoms with Crippen molar-refractivity contribution in [2.75, 3.05) is 27.4 Å². The van der Waals surface area contributed by atoms with Crippen LogP contribution in [0.15, 0.2) is 54.9 Å². The third-order valence-electron chi connectivity index (χ3n) is 4.66. The van der Waals surface area contributed by atoms with E-state index in [9.17, 15) is 4.79 Å². The summed E-state index contributed by atoms with van der Waals surface area (Å²) >= 11 is 0. The Morgan fingerprint density at radius 3 is 2.50 bits per heavy atom. The number of carbonyl (C=O) groups is 1. The van der Waals surface area contributed by atoms with Gasteiger partial charge in [-0.2, -0.15) is 5.10 Å². The Morgan fingerprint density at radius 2 is 1.80 bits per heavy atom. The molecule has 8 nitrogen and oxygen atoms in total. The van der Waals surface area contributed by atoms with Crippen molar-refractivity contribution in [2.45, 2.75) is 19.4 Å². The molecule has 1 amide bonds. The van der Waals surface area contributed by atoms with Crippen molar-refractivity contribution in [1.29, 1.82) is 0 Å². The first-order valence-corrected chi connectivity index (χ1v) is 9.56. The Morgan fingerprint density at radius 1 is 1.07 bits per heavy atom. The molecule has 0 aliphatic heterocycles. The molecule has 0 radical (unpaired) electrons. The Bertz CT molecular complexity index is 983. The van der Waals surface area contributed by atoms with E-state index in [0.29, 0.717) is 24.8 Å². The molecule has 1 aromatic carbocycles. The number of rotatable bonds is 9. The molecule has 2 aromatic heterocycles. The van der Waals surface area contributed by atoms with Crippen LogP contribution < -0.4 is 19.5 Å². The molecule has 0 saturated carbocycles. The van der Waals surface area contributed by atoms with E-state index in [1.807, 2.05) is 50.2 Å². The van der Waals surface area contributed by atoms with Gasteiger partial charge in [0.05, 0.1) is 32.7 Å². The van der Waals surface area contributed by atoms with Gasteiger partial charge in [0.15, 0.2) is 0 Å². The zero-order chi connectivity index (χ0) is 21.6. The van der Waals surface area contributed by atoms with Crippen LogP contribution in [0.25, 0.3) is 11.3 Å². The van der Waals surface area contributed by atoms with Gasteiger partial charge in [0.1, 0.15) is 23.6 Å². The fraction of sp³-hybridized carbons (Fsp3) is 0.318. The molecule has 30 heavy (non-hydrogen) atoms. The van der Waals surface area contributed by atoms with Crippen LogP contribution in [-0.4, -0.2) is 48.0 Å². The summed E-state index contributed by atoms with van der Waals surface area (Å²) in [6.07, 6.45) is 3.48. The summed E-state index contributed by atoms with van der Waals surface area (Å²) in [5.74, 6) is 1.84. The molecule has 0 atom stereocenters. The number of amides is 1. The van der Waals surface area contributed by atoms with Gasteiger partial charge in [-0.3, -0.25) is 9.48 Å². The Kier molecular flexibility index (Phi) is 6.56. The number of ether oxygens (including phenoxy) is 3. The van der Waals surface area contributed by atoms with E-state index in [-0.39, 0.29) is 5.91 Å². The number of nitrogens with one attached hydrogen (secondary N) is 1. The van der Waals surface area contributed by atoms with Crippen LogP contribution in [-0.2, 0) is 10.3 Å². The van der Waals surface area contributed by atoms with E-state index < -0.39 is 5.54 Å². The normalized spacial score (nSPS) is 11.1. The van der Waals surface area contributed by atoms with Gasteiger partial charge in [-0.25, -0.2) is 4.98 Å². The lowest BCUT2D eigenvalue weighted by atomic mass is 10.1. The van der Waals surface area contributed by atoms with Gasteiger partial charge >= 0.3 is 0 Å². The summed E-state index contributed by atoms with van der Waals surface area (Å²) in [4.78, 5) is 17.1. The molecule has 1 N–H and O–H groups in total. The maximum atomic E-state index is 12.7. The second kappa shape index (κ2) is 9.30. The van der Waals surface area contributed by atoms with Gasteiger partial charge in [-0.05, 0) is 44.2 Å². The van der Waals surface area contributed by atoms with E-state index in [1.54, 1.807) is 37.4 Å². The molecule has 158 valence electrons. The van der Waals surface area contributed by atoms with Crippen LogP contribution in [0.4, 0.5) is 0 Å². The molecule has 0 bridgehead atoms. The quantitative estimate of drug-likeness (QED) is 0.546. The van der Waals surface area contributed by atoms with Gasteiger partial charge in [0.2, 0.25) is 11.8 Å².